The Labute approximate surface area is 190 Å². The van der Waals surface area contributed by atoms with Gasteiger partial charge >= 0.3 is 0 Å². The highest BCUT2D eigenvalue weighted by atomic mass is 32.1. The second-order valence-corrected chi connectivity index (χ2v) is 9.28. The summed E-state index contributed by atoms with van der Waals surface area (Å²) in [5.74, 6) is 1.16. The number of ether oxygens (including phenoxy) is 4. The molecule has 3 unspecified atom stereocenters. The summed E-state index contributed by atoms with van der Waals surface area (Å²) in [7, 11) is 0. The first-order chi connectivity index (χ1) is 14.7. The number of nitrogens with zero attached hydrogens (tertiary/aromatic N) is 3. The first kappa shape index (κ1) is 25.9. The van der Waals surface area contributed by atoms with Crippen LogP contribution in [0.1, 0.15) is 48.0 Å². The van der Waals surface area contributed by atoms with E-state index in [1.54, 1.807) is 13.8 Å². The molecule has 1 aliphatic heterocycles. The van der Waals surface area contributed by atoms with Gasteiger partial charge in [-0.15, -0.1) is 4.37 Å². The summed E-state index contributed by atoms with van der Waals surface area (Å²) in [5.41, 5.74) is -0.0897. The Balaban J connectivity index is 1.98. The maximum Gasteiger partial charge on any atom is 0.270 e. The van der Waals surface area contributed by atoms with Crippen LogP contribution in [0.5, 0.6) is 5.88 Å². The van der Waals surface area contributed by atoms with Gasteiger partial charge in [-0.25, -0.2) is 0 Å². The molecule has 0 aromatic carbocycles. The molecule has 0 spiro atoms. The van der Waals surface area contributed by atoms with Crippen LogP contribution >= 0.6 is 11.7 Å². The fourth-order valence-corrected chi connectivity index (χ4v) is 3.56. The topological polar surface area (TPSA) is 95.0 Å². The van der Waals surface area contributed by atoms with Crippen LogP contribution in [-0.4, -0.2) is 84.4 Å². The zero-order valence-corrected chi connectivity index (χ0v) is 20.5. The van der Waals surface area contributed by atoms with Crippen molar-refractivity contribution in [3.63, 3.8) is 0 Å². The van der Waals surface area contributed by atoms with Crippen LogP contribution in [0.15, 0.2) is 0 Å². The number of hydrogen-bond acceptors (Lipinski definition) is 10. The molecule has 1 aromatic rings. The van der Waals surface area contributed by atoms with Crippen LogP contribution in [0.4, 0.5) is 5.82 Å². The minimum absolute atomic E-state index is 0.0708. The molecule has 0 radical (unpaired) electrons. The number of ketones is 1. The number of carbonyl (C=O) groups excluding carboxylic acids is 1. The van der Waals surface area contributed by atoms with E-state index in [4.69, 9.17) is 18.9 Å². The molecule has 1 fully saturated rings. The molecule has 1 N–H and O–H groups in total. The summed E-state index contributed by atoms with van der Waals surface area (Å²) in [6, 6.07) is 0. The fourth-order valence-electron chi connectivity index (χ4n) is 3.04. The van der Waals surface area contributed by atoms with Gasteiger partial charge in [0.2, 0.25) is 5.82 Å². The molecular formula is C21H38N4O5S. The van der Waals surface area contributed by atoms with E-state index >= 15 is 0 Å². The number of rotatable bonds is 13. The largest absolute Gasteiger partial charge is 0.472 e. The van der Waals surface area contributed by atoms with Crippen molar-refractivity contribution in [1.82, 2.24) is 14.1 Å². The Morgan fingerprint density at radius 2 is 1.94 bits per heavy atom. The van der Waals surface area contributed by atoms with Crippen LogP contribution in [-0.2, 0) is 19.0 Å². The lowest BCUT2D eigenvalue weighted by Gasteiger charge is -2.29. The highest BCUT2D eigenvalue weighted by Crippen LogP contribution is 2.26. The van der Waals surface area contributed by atoms with Gasteiger partial charge in [-0.05, 0) is 41.0 Å². The van der Waals surface area contributed by atoms with Crippen molar-refractivity contribution in [3.8, 4) is 5.88 Å². The molecule has 1 aromatic heterocycles. The SMILES string of the molecule is CCCOC(C)C(=O)C(C)OC(CNC(C)(C)C)COc1nsnc1N1CCOCC1. The number of hydrogen-bond donors (Lipinski definition) is 1. The Morgan fingerprint density at radius 1 is 1.23 bits per heavy atom. The summed E-state index contributed by atoms with van der Waals surface area (Å²) < 4.78 is 31.8. The molecule has 3 atom stereocenters. The summed E-state index contributed by atoms with van der Waals surface area (Å²) in [6.07, 6.45) is -0.570. The molecule has 0 saturated carbocycles. The van der Waals surface area contributed by atoms with E-state index in [0.717, 1.165) is 37.1 Å². The minimum atomic E-state index is -0.602. The van der Waals surface area contributed by atoms with Gasteiger partial charge in [0.15, 0.2) is 5.78 Å². The molecule has 0 amide bonds. The van der Waals surface area contributed by atoms with Crippen molar-refractivity contribution < 1.29 is 23.7 Å². The van der Waals surface area contributed by atoms with E-state index in [9.17, 15) is 4.79 Å². The van der Waals surface area contributed by atoms with Crippen molar-refractivity contribution in [2.75, 3.05) is 51.0 Å². The number of aromatic nitrogens is 2. The number of carbonyl (C=O) groups is 1. The molecular weight excluding hydrogens is 420 g/mol. The normalized spacial score (nSPS) is 17.9. The zero-order valence-electron chi connectivity index (χ0n) is 19.7. The lowest BCUT2D eigenvalue weighted by atomic mass is 10.1. The Bertz CT molecular complexity index is 660. The second-order valence-electron chi connectivity index (χ2n) is 8.75. The van der Waals surface area contributed by atoms with Gasteiger partial charge in [0.05, 0.1) is 24.9 Å². The van der Waals surface area contributed by atoms with Gasteiger partial charge in [-0.1, -0.05) is 6.92 Å². The van der Waals surface area contributed by atoms with Crippen LogP contribution in [0.25, 0.3) is 0 Å². The van der Waals surface area contributed by atoms with Crippen molar-refractivity contribution in [3.05, 3.63) is 0 Å². The predicted molar refractivity (Wildman–Crippen MR) is 121 cm³/mol. The van der Waals surface area contributed by atoms with Crippen LogP contribution in [0.2, 0.25) is 0 Å². The summed E-state index contributed by atoms with van der Waals surface area (Å²) in [4.78, 5) is 14.7. The minimum Gasteiger partial charge on any atom is -0.472 e. The lowest BCUT2D eigenvalue weighted by Crippen LogP contribution is -2.46. The molecule has 2 rings (SSSR count). The van der Waals surface area contributed by atoms with Crippen LogP contribution < -0.4 is 15.0 Å². The standard InChI is InChI=1S/C21H38N4O5S/c1-7-10-28-15(2)18(26)16(3)30-17(13-22-21(4,5)6)14-29-20-19(23-31-24-20)25-8-11-27-12-9-25/h15-17,22H,7-14H2,1-6H3. The van der Waals surface area contributed by atoms with Gasteiger partial charge < -0.3 is 29.2 Å². The van der Waals surface area contributed by atoms with Crippen LogP contribution in [0.3, 0.4) is 0 Å². The second kappa shape index (κ2) is 12.6. The van der Waals surface area contributed by atoms with Gasteiger partial charge in [-0.3, -0.25) is 4.79 Å². The molecule has 10 heteroatoms. The molecule has 1 aliphatic rings. The fraction of sp³-hybridized carbons (Fsp3) is 0.857. The Morgan fingerprint density at radius 3 is 2.58 bits per heavy atom. The van der Waals surface area contributed by atoms with Crippen molar-refractivity contribution >= 4 is 23.3 Å². The average molecular weight is 459 g/mol. The lowest BCUT2D eigenvalue weighted by molar-refractivity contribution is -0.145. The van der Waals surface area contributed by atoms with E-state index in [2.05, 4.69) is 39.7 Å². The maximum absolute atomic E-state index is 12.6. The predicted octanol–water partition coefficient (Wildman–Crippen LogP) is 2.30. The molecule has 9 nitrogen and oxygen atoms in total. The van der Waals surface area contributed by atoms with E-state index in [0.29, 0.717) is 32.2 Å². The monoisotopic (exact) mass is 458 g/mol. The van der Waals surface area contributed by atoms with Gasteiger partial charge in [-0.2, -0.15) is 4.37 Å². The van der Waals surface area contributed by atoms with E-state index < -0.39 is 12.2 Å². The number of morpholine rings is 1. The van der Waals surface area contributed by atoms with E-state index in [1.165, 1.54) is 0 Å². The first-order valence-corrected chi connectivity index (χ1v) is 11.8. The average Bonchev–Trinajstić information content (AvgIpc) is 3.21. The molecule has 1 saturated heterocycles. The highest BCUT2D eigenvalue weighted by molar-refractivity contribution is 6.99. The number of nitrogens with one attached hydrogen (secondary N) is 1. The highest BCUT2D eigenvalue weighted by Gasteiger charge is 2.27. The maximum atomic E-state index is 12.6. The van der Waals surface area contributed by atoms with Crippen molar-refractivity contribution in [2.24, 2.45) is 0 Å². The quantitative estimate of drug-likeness (QED) is 0.478. The molecule has 2 heterocycles. The summed E-state index contributed by atoms with van der Waals surface area (Å²) in [5, 5.41) is 3.43. The zero-order chi connectivity index (χ0) is 22.9. The molecule has 0 bridgehead atoms. The number of Topliss-reactive ketones (excluding diaryl/α,β-unsaturated/α-hetero) is 1. The van der Waals surface area contributed by atoms with Crippen LogP contribution in [0, 0.1) is 0 Å². The molecule has 0 aliphatic carbocycles. The molecule has 178 valence electrons. The smallest absolute Gasteiger partial charge is 0.270 e. The van der Waals surface area contributed by atoms with Crippen molar-refractivity contribution in [2.45, 2.75) is 71.8 Å². The molecule has 31 heavy (non-hydrogen) atoms. The third kappa shape index (κ3) is 8.97. The van der Waals surface area contributed by atoms with E-state index in [1.807, 2.05) is 6.92 Å². The third-order valence-electron chi connectivity index (χ3n) is 4.79. The summed E-state index contributed by atoms with van der Waals surface area (Å²) >= 11 is 1.12. The van der Waals surface area contributed by atoms with Gasteiger partial charge in [0.25, 0.3) is 5.88 Å². The third-order valence-corrected chi connectivity index (χ3v) is 5.29. The first-order valence-electron chi connectivity index (χ1n) is 11.0. The van der Waals surface area contributed by atoms with Crippen molar-refractivity contribution in [1.29, 1.82) is 0 Å². The van der Waals surface area contributed by atoms with Gasteiger partial charge in [0.1, 0.15) is 24.9 Å². The Kier molecular flexibility index (Phi) is 10.6. The van der Waals surface area contributed by atoms with Gasteiger partial charge in [0, 0.05) is 31.8 Å². The van der Waals surface area contributed by atoms with E-state index in [-0.39, 0.29) is 24.0 Å². The number of anilines is 1. The summed E-state index contributed by atoms with van der Waals surface area (Å²) in [6.45, 7) is 16.0. The Hall–Kier alpha value is -1.33.